The summed E-state index contributed by atoms with van der Waals surface area (Å²) >= 11 is 0. The largest absolute Gasteiger partial charge is 0.487 e. The normalized spacial score (nSPS) is 18.9. The van der Waals surface area contributed by atoms with Gasteiger partial charge in [0.2, 0.25) is 0 Å². The zero-order valence-electron chi connectivity index (χ0n) is 12.7. The molecule has 4 nitrogen and oxygen atoms in total. The molecular formula is C18H20N2O2. The number of hydrogen-bond donors (Lipinski definition) is 1. The van der Waals surface area contributed by atoms with Crippen LogP contribution in [0.3, 0.4) is 0 Å². The second-order valence-corrected chi connectivity index (χ2v) is 5.62. The Labute approximate surface area is 130 Å². The van der Waals surface area contributed by atoms with Crippen molar-refractivity contribution in [3.05, 3.63) is 48.2 Å². The summed E-state index contributed by atoms with van der Waals surface area (Å²) in [5.41, 5.74) is 2.31. The molecule has 0 radical (unpaired) electrons. The lowest BCUT2D eigenvalue weighted by Gasteiger charge is -2.22. The van der Waals surface area contributed by atoms with E-state index in [0.717, 1.165) is 36.3 Å². The van der Waals surface area contributed by atoms with Crippen molar-refractivity contribution >= 4 is 6.29 Å². The lowest BCUT2D eigenvalue weighted by Crippen LogP contribution is -2.36. The summed E-state index contributed by atoms with van der Waals surface area (Å²) in [7, 11) is 0. The van der Waals surface area contributed by atoms with E-state index in [1.807, 2.05) is 30.3 Å². The van der Waals surface area contributed by atoms with Crippen molar-refractivity contribution in [3.8, 4) is 17.0 Å². The smallest absolute Gasteiger partial charge is 0.150 e. The van der Waals surface area contributed by atoms with E-state index in [4.69, 9.17) is 4.74 Å². The number of hydrogen-bond acceptors (Lipinski definition) is 4. The zero-order valence-corrected chi connectivity index (χ0v) is 12.7. The highest BCUT2D eigenvalue weighted by Gasteiger charge is 2.23. The molecule has 2 heterocycles. The molecule has 1 aliphatic rings. The molecule has 1 unspecified atom stereocenters. The van der Waals surface area contributed by atoms with E-state index >= 15 is 0 Å². The molecule has 0 amide bonds. The molecular weight excluding hydrogens is 276 g/mol. The Morgan fingerprint density at radius 2 is 2.27 bits per heavy atom. The molecule has 114 valence electrons. The van der Waals surface area contributed by atoms with Gasteiger partial charge in [-0.1, -0.05) is 18.2 Å². The van der Waals surface area contributed by atoms with Gasteiger partial charge in [-0.15, -0.1) is 0 Å². The monoisotopic (exact) mass is 296 g/mol. The van der Waals surface area contributed by atoms with Crippen LogP contribution in [0.4, 0.5) is 0 Å². The summed E-state index contributed by atoms with van der Waals surface area (Å²) in [5, 5.41) is 3.46. The van der Waals surface area contributed by atoms with Gasteiger partial charge in [0.15, 0.2) is 0 Å². The minimum absolute atomic E-state index is 0.0831. The summed E-state index contributed by atoms with van der Waals surface area (Å²) in [6, 6.07) is 11.6. The van der Waals surface area contributed by atoms with Crippen LogP contribution in [0.1, 0.15) is 30.1 Å². The molecule has 1 aliphatic heterocycles. The maximum absolute atomic E-state index is 11.0. The molecule has 1 saturated heterocycles. The predicted molar refractivity (Wildman–Crippen MR) is 86.2 cm³/mol. The lowest BCUT2D eigenvalue weighted by molar-refractivity contribution is 0.112. The average molecular weight is 296 g/mol. The van der Waals surface area contributed by atoms with Crippen LogP contribution >= 0.6 is 0 Å². The molecule has 0 bridgehead atoms. The van der Waals surface area contributed by atoms with Crippen LogP contribution < -0.4 is 10.1 Å². The zero-order chi connectivity index (χ0) is 15.4. The quantitative estimate of drug-likeness (QED) is 0.862. The van der Waals surface area contributed by atoms with Crippen molar-refractivity contribution in [1.82, 2.24) is 10.3 Å². The number of benzene rings is 1. The standard InChI is InChI=1S/C18H20N2O2/c1-13(16-7-3-9-19-16)22-17-8-4-10-20-18(17)15-6-2-5-14(11-15)12-21/h2,4-6,8,10-13,16,19H,3,7,9H2,1H3/t13-,16?/m0/s1. The molecule has 1 aromatic heterocycles. The van der Waals surface area contributed by atoms with E-state index in [-0.39, 0.29) is 6.10 Å². The maximum atomic E-state index is 11.0. The third kappa shape index (κ3) is 3.17. The number of carbonyl (C=O) groups is 1. The van der Waals surface area contributed by atoms with Crippen LogP contribution in [-0.4, -0.2) is 30.0 Å². The highest BCUT2D eigenvalue weighted by molar-refractivity contribution is 5.79. The van der Waals surface area contributed by atoms with Gasteiger partial charge in [-0.2, -0.15) is 0 Å². The Hall–Kier alpha value is -2.20. The fourth-order valence-electron chi connectivity index (χ4n) is 2.86. The number of aldehydes is 1. The summed E-state index contributed by atoms with van der Waals surface area (Å²) in [6.45, 7) is 3.14. The van der Waals surface area contributed by atoms with E-state index in [1.54, 1.807) is 12.3 Å². The topological polar surface area (TPSA) is 51.2 Å². The summed E-state index contributed by atoms with van der Waals surface area (Å²) in [5.74, 6) is 0.756. The van der Waals surface area contributed by atoms with Gasteiger partial charge in [0, 0.05) is 23.4 Å². The molecule has 22 heavy (non-hydrogen) atoms. The Morgan fingerprint density at radius 1 is 1.36 bits per heavy atom. The predicted octanol–water partition coefficient (Wildman–Crippen LogP) is 3.08. The molecule has 3 rings (SSSR count). The summed E-state index contributed by atoms with van der Waals surface area (Å²) < 4.78 is 6.14. The molecule has 2 aromatic rings. The Morgan fingerprint density at radius 3 is 3.05 bits per heavy atom. The van der Waals surface area contributed by atoms with Crippen LogP contribution in [0.25, 0.3) is 11.3 Å². The highest BCUT2D eigenvalue weighted by atomic mass is 16.5. The van der Waals surface area contributed by atoms with E-state index in [9.17, 15) is 4.79 Å². The number of rotatable bonds is 5. The molecule has 2 atom stereocenters. The van der Waals surface area contributed by atoms with Gasteiger partial charge in [-0.3, -0.25) is 9.78 Å². The van der Waals surface area contributed by atoms with Crippen molar-refractivity contribution in [1.29, 1.82) is 0 Å². The summed E-state index contributed by atoms with van der Waals surface area (Å²) in [4.78, 5) is 15.4. The van der Waals surface area contributed by atoms with Gasteiger partial charge in [0.05, 0.1) is 0 Å². The molecule has 0 aliphatic carbocycles. The average Bonchev–Trinajstić information content (AvgIpc) is 3.10. The van der Waals surface area contributed by atoms with Gasteiger partial charge < -0.3 is 10.1 Å². The lowest BCUT2D eigenvalue weighted by atomic mass is 10.1. The van der Waals surface area contributed by atoms with Crippen molar-refractivity contribution in [2.24, 2.45) is 0 Å². The molecule has 4 heteroatoms. The first kappa shape index (κ1) is 14.7. The number of pyridine rings is 1. The maximum Gasteiger partial charge on any atom is 0.150 e. The Kier molecular flexibility index (Phi) is 4.49. The molecule has 1 fully saturated rings. The Bertz CT molecular complexity index is 651. The molecule has 0 saturated carbocycles. The van der Waals surface area contributed by atoms with Crippen LogP contribution in [0.5, 0.6) is 5.75 Å². The Balaban J connectivity index is 1.87. The molecule has 1 N–H and O–H groups in total. The number of nitrogens with one attached hydrogen (secondary N) is 1. The van der Waals surface area contributed by atoms with Crippen molar-refractivity contribution in [2.75, 3.05) is 6.54 Å². The third-order valence-electron chi connectivity index (χ3n) is 4.04. The van der Waals surface area contributed by atoms with Crippen molar-refractivity contribution < 1.29 is 9.53 Å². The van der Waals surface area contributed by atoms with Crippen molar-refractivity contribution in [2.45, 2.75) is 31.9 Å². The van der Waals surface area contributed by atoms with E-state index in [2.05, 4.69) is 17.2 Å². The summed E-state index contributed by atoms with van der Waals surface area (Å²) in [6.07, 6.45) is 5.00. The van der Waals surface area contributed by atoms with Crippen molar-refractivity contribution in [3.63, 3.8) is 0 Å². The van der Waals surface area contributed by atoms with Crippen LogP contribution in [-0.2, 0) is 0 Å². The van der Waals surface area contributed by atoms with Crippen LogP contribution in [0, 0.1) is 0 Å². The van der Waals surface area contributed by atoms with E-state index in [1.165, 1.54) is 6.42 Å². The first-order valence-corrected chi connectivity index (χ1v) is 7.68. The highest BCUT2D eigenvalue weighted by Crippen LogP contribution is 2.29. The molecule has 1 aromatic carbocycles. The van der Waals surface area contributed by atoms with Gasteiger partial charge in [0.1, 0.15) is 23.8 Å². The first-order chi connectivity index (χ1) is 10.8. The second kappa shape index (κ2) is 6.71. The minimum Gasteiger partial charge on any atom is -0.487 e. The van der Waals surface area contributed by atoms with Crippen LogP contribution in [0.15, 0.2) is 42.6 Å². The molecule has 0 spiro atoms. The fourth-order valence-corrected chi connectivity index (χ4v) is 2.86. The SMILES string of the molecule is C[C@H](Oc1cccnc1-c1cccc(C=O)c1)C1CCCN1. The minimum atomic E-state index is 0.0831. The first-order valence-electron chi connectivity index (χ1n) is 7.68. The number of ether oxygens (including phenoxy) is 1. The number of carbonyl (C=O) groups excluding carboxylic acids is 1. The fraction of sp³-hybridized carbons (Fsp3) is 0.333. The van der Waals surface area contributed by atoms with Gasteiger partial charge in [-0.25, -0.2) is 0 Å². The van der Waals surface area contributed by atoms with Gasteiger partial charge in [-0.05, 0) is 44.5 Å². The van der Waals surface area contributed by atoms with Gasteiger partial charge in [0.25, 0.3) is 0 Å². The van der Waals surface area contributed by atoms with E-state index < -0.39 is 0 Å². The number of aromatic nitrogens is 1. The van der Waals surface area contributed by atoms with Crippen LogP contribution in [0.2, 0.25) is 0 Å². The van der Waals surface area contributed by atoms with E-state index in [0.29, 0.717) is 11.6 Å². The van der Waals surface area contributed by atoms with Gasteiger partial charge >= 0.3 is 0 Å². The second-order valence-electron chi connectivity index (χ2n) is 5.62. The number of nitrogens with zero attached hydrogens (tertiary/aromatic N) is 1. The third-order valence-corrected chi connectivity index (χ3v) is 4.04.